The summed E-state index contributed by atoms with van der Waals surface area (Å²) in [6, 6.07) is 0. The number of carbonyl (C=O) groups excluding carboxylic acids is 3. The van der Waals surface area contributed by atoms with E-state index in [1.807, 2.05) is 13.8 Å². The molecule has 0 spiro atoms. The number of amides is 2. The Bertz CT molecular complexity index is 994. The van der Waals surface area contributed by atoms with Crippen molar-refractivity contribution < 1.29 is 28.4 Å². The van der Waals surface area contributed by atoms with Gasteiger partial charge in [-0.15, -0.1) is 11.3 Å². The predicted octanol–water partition coefficient (Wildman–Crippen LogP) is 3.22. The van der Waals surface area contributed by atoms with Gasteiger partial charge in [0.05, 0.1) is 17.9 Å². The molecule has 32 heavy (non-hydrogen) atoms. The summed E-state index contributed by atoms with van der Waals surface area (Å²) < 4.78 is 15.4. The number of methoxy groups -OCH3 is 1. The van der Waals surface area contributed by atoms with Gasteiger partial charge in [0.2, 0.25) is 0 Å². The van der Waals surface area contributed by atoms with E-state index in [-0.39, 0.29) is 17.4 Å². The lowest BCUT2D eigenvalue weighted by Crippen LogP contribution is -2.29. The number of rotatable bonds is 9. The molecule has 0 saturated heterocycles. The Morgan fingerprint density at radius 1 is 1.19 bits per heavy atom. The van der Waals surface area contributed by atoms with Gasteiger partial charge in [0, 0.05) is 24.4 Å². The molecule has 2 heterocycles. The van der Waals surface area contributed by atoms with Crippen LogP contribution in [0.2, 0.25) is 0 Å². The Kier molecular flexibility index (Phi) is 8.03. The number of hydrogen-bond acceptors (Lipinski definition) is 8. The van der Waals surface area contributed by atoms with Gasteiger partial charge >= 0.3 is 5.97 Å². The minimum Gasteiger partial charge on any atom is -0.452 e. The van der Waals surface area contributed by atoms with Crippen molar-refractivity contribution in [2.75, 3.05) is 32.2 Å². The lowest BCUT2D eigenvalue weighted by atomic mass is 9.95. The molecular formula is C22H29N3O6S. The first-order valence-electron chi connectivity index (χ1n) is 10.7. The van der Waals surface area contributed by atoms with Gasteiger partial charge in [0.1, 0.15) is 10.6 Å². The number of anilines is 1. The summed E-state index contributed by atoms with van der Waals surface area (Å²) in [5, 5.41) is 9.90. The molecule has 3 rings (SSSR count). The van der Waals surface area contributed by atoms with Crippen LogP contribution in [-0.4, -0.2) is 49.8 Å². The highest BCUT2D eigenvalue weighted by molar-refractivity contribution is 7.17. The van der Waals surface area contributed by atoms with Gasteiger partial charge in [0.25, 0.3) is 11.8 Å². The summed E-state index contributed by atoms with van der Waals surface area (Å²) in [4.78, 5) is 39.0. The molecule has 0 unspecified atom stereocenters. The third-order valence-corrected chi connectivity index (χ3v) is 6.40. The van der Waals surface area contributed by atoms with Gasteiger partial charge in [-0.1, -0.05) is 19.0 Å². The van der Waals surface area contributed by atoms with Crippen LogP contribution in [0.4, 0.5) is 5.00 Å². The molecule has 0 fully saturated rings. The molecule has 2 aromatic heterocycles. The Morgan fingerprint density at radius 3 is 2.66 bits per heavy atom. The number of nitrogens with one attached hydrogen (secondary N) is 2. The molecule has 0 aliphatic heterocycles. The van der Waals surface area contributed by atoms with Crippen LogP contribution >= 0.6 is 11.3 Å². The average molecular weight is 464 g/mol. The summed E-state index contributed by atoms with van der Waals surface area (Å²) in [5.74, 6) is -1.04. The van der Waals surface area contributed by atoms with Crippen molar-refractivity contribution in [1.29, 1.82) is 0 Å². The van der Waals surface area contributed by atoms with Crippen molar-refractivity contribution in [3.63, 3.8) is 0 Å². The van der Waals surface area contributed by atoms with E-state index < -0.39 is 18.5 Å². The third-order valence-electron chi connectivity index (χ3n) is 5.20. The molecule has 1 aliphatic carbocycles. The number of nitrogens with zero attached hydrogens (tertiary/aromatic N) is 1. The van der Waals surface area contributed by atoms with E-state index in [4.69, 9.17) is 14.0 Å². The van der Waals surface area contributed by atoms with Crippen LogP contribution in [0.1, 0.15) is 75.2 Å². The van der Waals surface area contributed by atoms with E-state index in [0.717, 1.165) is 36.1 Å². The van der Waals surface area contributed by atoms with Crippen LogP contribution in [-0.2, 0) is 27.1 Å². The normalized spacial score (nSPS) is 13.0. The van der Waals surface area contributed by atoms with Gasteiger partial charge in [0.15, 0.2) is 12.4 Å². The number of carbonyl (C=O) groups is 3. The summed E-state index contributed by atoms with van der Waals surface area (Å²) in [6.07, 6.45) is 3.74. The van der Waals surface area contributed by atoms with Gasteiger partial charge in [-0.05, 0) is 38.2 Å². The summed E-state index contributed by atoms with van der Waals surface area (Å²) in [6.45, 7) is 5.70. The first kappa shape index (κ1) is 23.9. The Balaban J connectivity index is 1.69. The van der Waals surface area contributed by atoms with Crippen LogP contribution in [0.15, 0.2) is 4.52 Å². The predicted molar refractivity (Wildman–Crippen MR) is 119 cm³/mol. The smallest absolute Gasteiger partial charge is 0.344 e. The Labute approximate surface area is 190 Å². The highest BCUT2D eigenvalue weighted by Gasteiger charge is 2.27. The topological polar surface area (TPSA) is 120 Å². The van der Waals surface area contributed by atoms with Crippen molar-refractivity contribution in [1.82, 2.24) is 10.5 Å². The highest BCUT2D eigenvalue weighted by atomic mass is 32.1. The number of fused-ring (bicyclic) bond motifs is 1. The Hall–Kier alpha value is -2.72. The van der Waals surface area contributed by atoms with Crippen LogP contribution in [0.5, 0.6) is 0 Å². The zero-order valence-corrected chi connectivity index (χ0v) is 19.6. The van der Waals surface area contributed by atoms with Crippen LogP contribution in [0.25, 0.3) is 0 Å². The average Bonchev–Trinajstić information content (AvgIpc) is 3.32. The monoisotopic (exact) mass is 463 g/mol. The second-order valence-corrected chi connectivity index (χ2v) is 9.06. The van der Waals surface area contributed by atoms with Crippen molar-refractivity contribution in [2.45, 2.75) is 52.4 Å². The van der Waals surface area contributed by atoms with E-state index in [1.54, 1.807) is 14.0 Å². The second kappa shape index (κ2) is 10.7. The molecule has 0 radical (unpaired) electrons. The first-order valence-corrected chi connectivity index (χ1v) is 11.5. The number of hydrogen-bond donors (Lipinski definition) is 2. The molecule has 9 nitrogen and oxygen atoms in total. The first-order chi connectivity index (χ1) is 15.3. The molecule has 0 aromatic carbocycles. The Morgan fingerprint density at radius 2 is 1.94 bits per heavy atom. The van der Waals surface area contributed by atoms with Crippen molar-refractivity contribution >= 4 is 34.1 Å². The minimum atomic E-state index is -0.661. The standard InChI is InChI=1S/C22H29N3O6S/c1-12(2)19-17(13(3)25-31-19)22(28)30-11-16(26)24-21-18(20(27)23-9-10-29-4)14-7-5-6-8-15(14)32-21/h12H,5-11H2,1-4H3,(H,23,27)(H,24,26). The summed E-state index contributed by atoms with van der Waals surface area (Å²) in [5.41, 5.74) is 2.15. The number of aromatic nitrogens is 1. The summed E-state index contributed by atoms with van der Waals surface area (Å²) in [7, 11) is 1.57. The highest BCUT2D eigenvalue weighted by Crippen LogP contribution is 2.38. The van der Waals surface area contributed by atoms with Crippen LogP contribution < -0.4 is 10.6 Å². The van der Waals surface area contributed by atoms with Crippen molar-refractivity contribution in [2.24, 2.45) is 0 Å². The number of thiophene rings is 1. The van der Waals surface area contributed by atoms with E-state index in [9.17, 15) is 14.4 Å². The van der Waals surface area contributed by atoms with E-state index >= 15 is 0 Å². The van der Waals surface area contributed by atoms with Crippen LogP contribution in [0.3, 0.4) is 0 Å². The molecule has 0 atom stereocenters. The maximum atomic E-state index is 12.8. The molecule has 2 N–H and O–H groups in total. The fourth-order valence-electron chi connectivity index (χ4n) is 3.64. The number of esters is 1. The molecule has 0 saturated carbocycles. The lowest BCUT2D eigenvalue weighted by Gasteiger charge is -2.13. The minimum absolute atomic E-state index is 0.0517. The van der Waals surface area contributed by atoms with Crippen LogP contribution in [0, 0.1) is 6.92 Å². The number of aryl methyl sites for hydroxylation is 2. The quantitative estimate of drug-likeness (QED) is 0.433. The molecule has 10 heteroatoms. The largest absolute Gasteiger partial charge is 0.452 e. The molecule has 2 aromatic rings. The van der Waals surface area contributed by atoms with E-state index in [2.05, 4.69) is 15.8 Å². The maximum absolute atomic E-state index is 12.8. The van der Waals surface area contributed by atoms with Gasteiger partial charge in [-0.25, -0.2) is 4.79 Å². The summed E-state index contributed by atoms with van der Waals surface area (Å²) >= 11 is 1.41. The molecule has 174 valence electrons. The lowest BCUT2D eigenvalue weighted by molar-refractivity contribution is -0.119. The second-order valence-electron chi connectivity index (χ2n) is 7.95. The van der Waals surface area contributed by atoms with Crippen molar-refractivity contribution in [3.8, 4) is 0 Å². The zero-order valence-electron chi connectivity index (χ0n) is 18.8. The van der Waals surface area contributed by atoms with Crippen molar-refractivity contribution in [3.05, 3.63) is 33.0 Å². The molecule has 0 bridgehead atoms. The van der Waals surface area contributed by atoms with Gasteiger partial charge < -0.3 is 24.6 Å². The van der Waals surface area contributed by atoms with Gasteiger partial charge in [-0.2, -0.15) is 0 Å². The van der Waals surface area contributed by atoms with Gasteiger partial charge in [-0.3, -0.25) is 9.59 Å². The molecule has 2 amide bonds. The molecular weight excluding hydrogens is 434 g/mol. The van der Waals surface area contributed by atoms with E-state index in [0.29, 0.717) is 35.2 Å². The fraction of sp³-hybridized carbons (Fsp3) is 0.545. The molecule has 1 aliphatic rings. The maximum Gasteiger partial charge on any atom is 0.344 e. The third kappa shape index (κ3) is 5.36. The fourth-order valence-corrected chi connectivity index (χ4v) is 4.95. The zero-order chi connectivity index (χ0) is 23.3. The SMILES string of the molecule is COCCNC(=O)c1c(NC(=O)COC(=O)c2c(C)noc2C(C)C)sc2c1CCCC2. The van der Waals surface area contributed by atoms with E-state index in [1.165, 1.54) is 11.3 Å². The number of ether oxygens (including phenoxy) is 2.